The van der Waals surface area contributed by atoms with Crippen molar-refractivity contribution in [2.45, 2.75) is 58.8 Å². The van der Waals surface area contributed by atoms with E-state index in [0.717, 1.165) is 25.7 Å². The van der Waals surface area contributed by atoms with E-state index in [4.69, 9.17) is 5.11 Å². The first-order valence-electron chi connectivity index (χ1n) is 7.36. The molecule has 0 radical (unpaired) electrons. The first kappa shape index (κ1) is 14.5. The van der Waals surface area contributed by atoms with Gasteiger partial charge in [0.15, 0.2) is 0 Å². The summed E-state index contributed by atoms with van der Waals surface area (Å²) in [7, 11) is 0. The van der Waals surface area contributed by atoms with Crippen molar-refractivity contribution < 1.29 is 14.7 Å². The number of amides is 2. The Bertz CT molecular complexity index is 370. The van der Waals surface area contributed by atoms with Crippen LogP contribution in [0.5, 0.6) is 0 Å². The summed E-state index contributed by atoms with van der Waals surface area (Å²) in [5.41, 5.74) is -0.592. The smallest absolute Gasteiger partial charge is 0.235 e. The molecule has 0 unspecified atom stereocenters. The maximum atomic E-state index is 12.6. The Balaban J connectivity index is 2.10. The van der Waals surface area contributed by atoms with E-state index in [1.54, 1.807) is 0 Å². The number of imide groups is 1. The lowest BCUT2D eigenvalue weighted by Gasteiger charge is -2.33. The van der Waals surface area contributed by atoms with E-state index in [-0.39, 0.29) is 29.3 Å². The zero-order valence-electron chi connectivity index (χ0n) is 12.1. The van der Waals surface area contributed by atoms with Gasteiger partial charge in [-0.15, -0.1) is 0 Å². The minimum atomic E-state index is -0.384. The molecule has 19 heavy (non-hydrogen) atoms. The highest BCUT2D eigenvalue weighted by Gasteiger charge is 2.52. The molecule has 0 aromatic carbocycles. The number of likely N-dealkylation sites (tertiary alicyclic amines) is 1. The topological polar surface area (TPSA) is 57.6 Å². The van der Waals surface area contributed by atoms with Crippen LogP contribution in [0.2, 0.25) is 0 Å². The molecule has 0 aromatic rings. The quantitative estimate of drug-likeness (QED) is 0.794. The maximum Gasteiger partial charge on any atom is 0.235 e. The van der Waals surface area contributed by atoms with Crippen molar-refractivity contribution in [3.8, 4) is 0 Å². The molecule has 1 aliphatic heterocycles. The molecular weight excluding hydrogens is 242 g/mol. The Hall–Kier alpha value is -0.900. The first-order valence-corrected chi connectivity index (χ1v) is 7.36. The van der Waals surface area contributed by atoms with Gasteiger partial charge in [-0.1, -0.05) is 33.1 Å². The first-order chi connectivity index (χ1) is 8.90. The molecule has 2 fully saturated rings. The Labute approximate surface area is 115 Å². The van der Waals surface area contributed by atoms with E-state index in [0.29, 0.717) is 19.4 Å². The van der Waals surface area contributed by atoms with Gasteiger partial charge in [0.2, 0.25) is 11.8 Å². The molecule has 1 aliphatic carbocycles. The number of rotatable bonds is 4. The number of hydrogen-bond donors (Lipinski definition) is 1. The van der Waals surface area contributed by atoms with Crippen molar-refractivity contribution in [3.63, 3.8) is 0 Å². The van der Waals surface area contributed by atoms with Crippen molar-refractivity contribution in [2.75, 3.05) is 13.2 Å². The molecule has 0 aromatic heterocycles. The van der Waals surface area contributed by atoms with Crippen LogP contribution in [0.25, 0.3) is 0 Å². The highest BCUT2D eigenvalue weighted by atomic mass is 16.3. The van der Waals surface area contributed by atoms with Crippen LogP contribution < -0.4 is 0 Å². The van der Waals surface area contributed by atoms with Crippen LogP contribution in [0.1, 0.15) is 58.8 Å². The molecule has 2 aliphatic rings. The van der Waals surface area contributed by atoms with E-state index in [2.05, 4.69) is 0 Å². The van der Waals surface area contributed by atoms with Gasteiger partial charge in [0, 0.05) is 19.6 Å². The van der Waals surface area contributed by atoms with Crippen molar-refractivity contribution >= 4 is 11.8 Å². The molecule has 1 heterocycles. The van der Waals surface area contributed by atoms with Crippen LogP contribution in [0, 0.1) is 10.8 Å². The Morgan fingerprint density at radius 3 is 2.42 bits per heavy atom. The summed E-state index contributed by atoms with van der Waals surface area (Å²) in [4.78, 5) is 26.3. The van der Waals surface area contributed by atoms with Gasteiger partial charge in [-0.3, -0.25) is 14.5 Å². The van der Waals surface area contributed by atoms with E-state index in [1.807, 2.05) is 13.8 Å². The van der Waals surface area contributed by atoms with Crippen LogP contribution in [0.3, 0.4) is 0 Å². The highest BCUT2D eigenvalue weighted by molar-refractivity contribution is 6.06. The number of hydrogen-bond acceptors (Lipinski definition) is 3. The van der Waals surface area contributed by atoms with E-state index in [9.17, 15) is 9.59 Å². The summed E-state index contributed by atoms with van der Waals surface area (Å²) < 4.78 is 0. The van der Waals surface area contributed by atoms with Crippen molar-refractivity contribution in [3.05, 3.63) is 0 Å². The molecule has 4 nitrogen and oxygen atoms in total. The summed E-state index contributed by atoms with van der Waals surface area (Å²) in [6.07, 6.45) is 6.06. The molecular formula is C15H25NO3. The fraction of sp³-hybridized carbons (Fsp3) is 0.867. The third-order valence-electron chi connectivity index (χ3n) is 4.67. The number of nitrogens with zero attached hydrogens (tertiary/aromatic N) is 1. The third kappa shape index (κ3) is 2.83. The predicted molar refractivity (Wildman–Crippen MR) is 72.3 cm³/mol. The van der Waals surface area contributed by atoms with Crippen LogP contribution in [-0.4, -0.2) is 35.0 Å². The molecule has 1 saturated heterocycles. The highest BCUT2D eigenvalue weighted by Crippen LogP contribution is 2.46. The van der Waals surface area contributed by atoms with Gasteiger partial charge in [0.25, 0.3) is 0 Å². The van der Waals surface area contributed by atoms with Crippen molar-refractivity contribution in [1.82, 2.24) is 4.90 Å². The normalized spacial score (nSPS) is 23.4. The molecule has 1 spiro atoms. The van der Waals surface area contributed by atoms with Crippen molar-refractivity contribution in [1.29, 1.82) is 0 Å². The van der Waals surface area contributed by atoms with Gasteiger partial charge >= 0.3 is 0 Å². The van der Waals surface area contributed by atoms with Gasteiger partial charge < -0.3 is 5.11 Å². The van der Waals surface area contributed by atoms with E-state index >= 15 is 0 Å². The second kappa shape index (κ2) is 5.23. The van der Waals surface area contributed by atoms with Gasteiger partial charge in [-0.25, -0.2) is 0 Å². The zero-order valence-corrected chi connectivity index (χ0v) is 12.1. The van der Waals surface area contributed by atoms with Crippen LogP contribution in [-0.2, 0) is 9.59 Å². The van der Waals surface area contributed by atoms with Crippen LogP contribution >= 0.6 is 0 Å². The lowest BCUT2D eigenvalue weighted by Crippen LogP contribution is -2.42. The second-order valence-corrected chi connectivity index (χ2v) is 6.94. The van der Waals surface area contributed by atoms with Crippen LogP contribution in [0.4, 0.5) is 0 Å². The van der Waals surface area contributed by atoms with Gasteiger partial charge in [0.05, 0.1) is 5.41 Å². The van der Waals surface area contributed by atoms with E-state index < -0.39 is 0 Å². The summed E-state index contributed by atoms with van der Waals surface area (Å²) in [5.74, 6) is 0.0288. The average molecular weight is 267 g/mol. The molecule has 4 heteroatoms. The zero-order chi connectivity index (χ0) is 14.1. The third-order valence-corrected chi connectivity index (χ3v) is 4.67. The van der Waals surface area contributed by atoms with Gasteiger partial charge in [-0.2, -0.15) is 0 Å². The Morgan fingerprint density at radius 1 is 1.21 bits per heavy atom. The summed E-state index contributed by atoms with van der Waals surface area (Å²) in [6.45, 7) is 4.52. The van der Waals surface area contributed by atoms with E-state index in [1.165, 1.54) is 11.3 Å². The monoisotopic (exact) mass is 267 g/mol. The predicted octanol–water partition coefficient (Wildman–Crippen LogP) is 2.10. The molecule has 2 amide bonds. The minimum Gasteiger partial charge on any atom is -0.396 e. The summed E-state index contributed by atoms with van der Waals surface area (Å²) in [5, 5.41) is 9.06. The fourth-order valence-corrected chi connectivity index (χ4v) is 3.45. The lowest BCUT2D eigenvalue weighted by atomic mass is 9.73. The standard InChI is InChI=1S/C15H25NO3/c1-14(2,8-9-17)11-16-12(18)10-15(13(16)19)6-4-3-5-7-15/h17H,3-11H2,1-2H3. The summed E-state index contributed by atoms with van der Waals surface area (Å²) in [6, 6.07) is 0. The molecule has 0 bridgehead atoms. The van der Waals surface area contributed by atoms with Gasteiger partial charge in [-0.05, 0) is 24.7 Å². The molecule has 0 atom stereocenters. The molecule has 2 rings (SSSR count). The minimum absolute atomic E-state index is 0.0158. The lowest BCUT2D eigenvalue weighted by molar-refractivity contribution is -0.144. The number of carbonyl (C=O) groups excluding carboxylic acids is 2. The van der Waals surface area contributed by atoms with Crippen LogP contribution in [0.15, 0.2) is 0 Å². The second-order valence-electron chi connectivity index (χ2n) is 6.94. The number of aliphatic hydroxyl groups is 1. The average Bonchev–Trinajstić information content (AvgIpc) is 2.55. The number of carbonyl (C=O) groups is 2. The maximum absolute atomic E-state index is 12.6. The summed E-state index contributed by atoms with van der Waals surface area (Å²) >= 11 is 0. The molecule has 108 valence electrons. The number of aliphatic hydroxyl groups excluding tert-OH is 1. The van der Waals surface area contributed by atoms with Crippen molar-refractivity contribution in [2.24, 2.45) is 10.8 Å². The Morgan fingerprint density at radius 2 is 1.84 bits per heavy atom. The largest absolute Gasteiger partial charge is 0.396 e. The molecule has 1 saturated carbocycles. The fourth-order valence-electron chi connectivity index (χ4n) is 3.45. The van der Waals surface area contributed by atoms with Gasteiger partial charge in [0.1, 0.15) is 0 Å². The Kier molecular flexibility index (Phi) is 4.00. The molecule has 1 N–H and O–H groups in total. The SMILES string of the molecule is CC(C)(CCO)CN1C(=O)CC2(CCCCC2)C1=O.